The van der Waals surface area contributed by atoms with E-state index in [1.54, 1.807) is 12.4 Å². The van der Waals surface area contributed by atoms with Crippen LogP contribution < -0.4 is 5.73 Å². The van der Waals surface area contributed by atoms with Crippen LogP contribution in [0.4, 0.5) is 0 Å². The summed E-state index contributed by atoms with van der Waals surface area (Å²) in [5.74, 6) is -1.09. The van der Waals surface area contributed by atoms with E-state index in [0.717, 1.165) is 12.0 Å². The molecule has 0 saturated heterocycles. The zero-order valence-electron chi connectivity index (χ0n) is 8.60. The molecule has 0 aliphatic heterocycles. The van der Waals surface area contributed by atoms with Crippen molar-refractivity contribution in [1.82, 2.24) is 4.98 Å². The van der Waals surface area contributed by atoms with Crippen LogP contribution in [0, 0.1) is 5.92 Å². The van der Waals surface area contributed by atoms with Gasteiger partial charge in [-0.15, -0.1) is 0 Å². The molecule has 82 valence electrons. The van der Waals surface area contributed by atoms with Crippen molar-refractivity contribution in [2.45, 2.75) is 19.3 Å². The summed E-state index contributed by atoms with van der Waals surface area (Å²) >= 11 is 0. The molecule has 0 bridgehead atoms. The Bertz CT molecular complexity index is 301. The van der Waals surface area contributed by atoms with Gasteiger partial charge in [0.25, 0.3) is 0 Å². The van der Waals surface area contributed by atoms with Crippen LogP contribution in [0.5, 0.6) is 0 Å². The van der Waals surface area contributed by atoms with Gasteiger partial charge in [0.05, 0.1) is 5.92 Å². The van der Waals surface area contributed by atoms with Crippen LogP contribution in [0.2, 0.25) is 0 Å². The molecule has 4 heteroatoms. The van der Waals surface area contributed by atoms with E-state index in [2.05, 4.69) is 4.98 Å². The summed E-state index contributed by atoms with van der Waals surface area (Å²) in [6, 6.07) is 3.81. The Labute approximate surface area is 89.1 Å². The molecular weight excluding hydrogens is 192 g/mol. The molecule has 15 heavy (non-hydrogen) atoms. The van der Waals surface area contributed by atoms with Crippen molar-refractivity contribution in [3.05, 3.63) is 30.1 Å². The molecule has 1 atom stereocenters. The van der Waals surface area contributed by atoms with Gasteiger partial charge in [-0.1, -0.05) is 0 Å². The zero-order chi connectivity index (χ0) is 11.1. The van der Waals surface area contributed by atoms with Crippen LogP contribution in [-0.2, 0) is 11.2 Å². The summed E-state index contributed by atoms with van der Waals surface area (Å²) in [4.78, 5) is 14.8. The van der Waals surface area contributed by atoms with Crippen LogP contribution in [0.1, 0.15) is 18.4 Å². The highest BCUT2D eigenvalue weighted by Gasteiger charge is 2.15. The number of hydrogen-bond acceptors (Lipinski definition) is 3. The van der Waals surface area contributed by atoms with Gasteiger partial charge in [0.15, 0.2) is 0 Å². The number of rotatable bonds is 6. The first-order chi connectivity index (χ1) is 7.24. The van der Waals surface area contributed by atoms with Crippen LogP contribution in [0.15, 0.2) is 24.5 Å². The predicted molar refractivity (Wildman–Crippen MR) is 57.4 cm³/mol. The first kappa shape index (κ1) is 11.7. The van der Waals surface area contributed by atoms with Gasteiger partial charge in [0.2, 0.25) is 0 Å². The van der Waals surface area contributed by atoms with Crippen LogP contribution >= 0.6 is 0 Å². The van der Waals surface area contributed by atoms with Crippen molar-refractivity contribution >= 4 is 5.97 Å². The number of nitrogens with two attached hydrogens (primary N) is 1. The average molecular weight is 208 g/mol. The first-order valence-corrected chi connectivity index (χ1v) is 5.06. The monoisotopic (exact) mass is 208 g/mol. The fourth-order valence-corrected chi connectivity index (χ4v) is 1.48. The number of carbonyl (C=O) groups is 1. The highest BCUT2D eigenvalue weighted by Crippen LogP contribution is 2.12. The molecule has 0 spiro atoms. The van der Waals surface area contributed by atoms with Gasteiger partial charge >= 0.3 is 5.97 Å². The number of hydrogen-bond donors (Lipinski definition) is 2. The highest BCUT2D eigenvalue weighted by atomic mass is 16.4. The lowest BCUT2D eigenvalue weighted by molar-refractivity contribution is -0.142. The van der Waals surface area contributed by atoms with Crippen molar-refractivity contribution in [1.29, 1.82) is 0 Å². The van der Waals surface area contributed by atoms with Gasteiger partial charge in [-0.25, -0.2) is 0 Å². The molecule has 0 saturated carbocycles. The summed E-state index contributed by atoms with van der Waals surface area (Å²) < 4.78 is 0. The van der Waals surface area contributed by atoms with Crippen molar-refractivity contribution in [2.24, 2.45) is 11.7 Å². The Morgan fingerprint density at radius 2 is 2.07 bits per heavy atom. The Hall–Kier alpha value is -1.42. The topological polar surface area (TPSA) is 76.2 Å². The predicted octanol–water partition coefficient (Wildman–Crippen LogP) is 1.06. The normalized spacial score (nSPS) is 12.3. The number of aromatic nitrogens is 1. The summed E-state index contributed by atoms with van der Waals surface area (Å²) in [6.45, 7) is 0.424. The van der Waals surface area contributed by atoms with Crippen molar-refractivity contribution in [2.75, 3.05) is 6.54 Å². The van der Waals surface area contributed by atoms with Crippen LogP contribution in [0.3, 0.4) is 0 Å². The van der Waals surface area contributed by atoms with Gasteiger partial charge in [0.1, 0.15) is 0 Å². The molecule has 0 fully saturated rings. The van der Waals surface area contributed by atoms with E-state index in [1.165, 1.54) is 0 Å². The maximum atomic E-state index is 10.8. The number of aliphatic carboxylic acids is 1. The molecule has 1 aromatic rings. The van der Waals surface area contributed by atoms with Gasteiger partial charge < -0.3 is 10.8 Å². The largest absolute Gasteiger partial charge is 0.481 e. The number of carboxylic acids is 1. The maximum Gasteiger partial charge on any atom is 0.306 e. The Kier molecular flexibility index (Phi) is 4.77. The minimum atomic E-state index is -0.755. The smallest absolute Gasteiger partial charge is 0.306 e. The van der Waals surface area contributed by atoms with Gasteiger partial charge in [0, 0.05) is 12.4 Å². The van der Waals surface area contributed by atoms with Gasteiger partial charge in [-0.05, 0) is 43.5 Å². The summed E-state index contributed by atoms with van der Waals surface area (Å²) in [5.41, 5.74) is 6.48. The molecule has 0 amide bonds. The second kappa shape index (κ2) is 6.14. The fourth-order valence-electron chi connectivity index (χ4n) is 1.48. The van der Waals surface area contributed by atoms with Gasteiger partial charge in [-0.2, -0.15) is 0 Å². The van der Waals surface area contributed by atoms with E-state index in [9.17, 15) is 4.79 Å². The van der Waals surface area contributed by atoms with E-state index >= 15 is 0 Å². The number of pyridine rings is 1. The molecule has 1 aromatic heterocycles. The Morgan fingerprint density at radius 1 is 1.40 bits per heavy atom. The molecule has 1 unspecified atom stereocenters. The molecule has 0 aliphatic carbocycles. The standard InChI is InChI=1S/C11H16N2O2/c12-6-3-10(11(14)15)2-1-9-4-7-13-8-5-9/h4-5,7-8,10H,1-3,6,12H2,(H,14,15). The fraction of sp³-hybridized carbons (Fsp3) is 0.455. The van der Waals surface area contributed by atoms with Crippen molar-refractivity contribution in [3.8, 4) is 0 Å². The molecule has 4 nitrogen and oxygen atoms in total. The molecule has 1 heterocycles. The lowest BCUT2D eigenvalue weighted by atomic mass is 9.97. The zero-order valence-corrected chi connectivity index (χ0v) is 8.60. The number of nitrogens with zero attached hydrogens (tertiary/aromatic N) is 1. The highest BCUT2D eigenvalue weighted by molar-refractivity contribution is 5.69. The van der Waals surface area contributed by atoms with Crippen LogP contribution in [0.25, 0.3) is 0 Å². The molecule has 0 aromatic carbocycles. The maximum absolute atomic E-state index is 10.8. The number of aryl methyl sites for hydroxylation is 1. The third kappa shape index (κ3) is 4.08. The molecule has 0 aliphatic rings. The Morgan fingerprint density at radius 3 is 2.60 bits per heavy atom. The molecular formula is C11H16N2O2. The average Bonchev–Trinajstić information content (AvgIpc) is 2.25. The summed E-state index contributed by atoms with van der Waals surface area (Å²) in [6.07, 6.45) is 5.37. The molecule has 3 N–H and O–H groups in total. The van der Waals surface area contributed by atoms with E-state index in [1.807, 2.05) is 12.1 Å². The van der Waals surface area contributed by atoms with E-state index < -0.39 is 5.97 Å². The molecule has 1 rings (SSSR count). The second-order valence-electron chi connectivity index (χ2n) is 3.51. The van der Waals surface area contributed by atoms with E-state index in [4.69, 9.17) is 10.8 Å². The van der Waals surface area contributed by atoms with E-state index in [-0.39, 0.29) is 5.92 Å². The second-order valence-corrected chi connectivity index (χ2v) is 3.51. The summed E-state index contributed by atoms with van der Waals surface area (Å²) in [7, 11) is 0. The molecule has 0 radical (unpaired) electrons. The number of carboxylic acid groups (broad SMARTS) is 1. The van der Waals surface area contributed by atoms with Crippen molar-refractivity contribution in [3.63, 3.8) is 0 Å². The van der Waals surface area contributed by atoms with Crippen LogP contribution in [-0.4, -0.2) is 22.6 Å². The van der Waals surface area contributed by atoms with Crippen molar-refractivity contribution < 1.29 is 9.90 Å². The lowest BCUT2D eigenvalue weighted by Crippen LogP contribution is -2.18. The quantitative estimate of drug-likeness (QED) is 0.733. The van der Waals surface area contributed by atoms with E-state index in [0.29, 0.717) is 19.4 Å². The SMILES string of the molecule is NCCC(CCc1ccncc1)C(=O)O. The van der Waals surface area contributed by atoms with Gasteiger partial charge in [-0.3, -0.25) is 9.78 Å². The lowest BCUT2D eigenvalue weighted by Gasteiger charge is -2.10. The Balaban J connectivity index is 2.43. The minimum absolute atomic E-state index is 0.330. The first-order valence-electron chi connectivity index (χ1n) is 5.06. The third-order valence-electron chi connectivity index (χ3n) is 2.40. The minimum Gasteiger partial charge on any atom is -0.481 e. The third-order valence-corrected chi connectivity index (χ3v) is 2.40. The summed E-state index contributed by atoms with van der Waals surface area (Å²) in [5, 5.41) is 8.91.